The van der Waals surface area contributed by atoms with Gasteiger partial charge in [-0.2, -0.15) is 0 Å². The van der Waals surface area contributed by atoms with Crippen molar-refractivity contribution in [3.05, 3.63) is 96.1 Å². The van der Waals surface area contributed by atoms with Gasteiger partial charge in [0.05, 0.1) is 13.2 Å². The monoisotopic (exact) mass is 620 g/mol. The Labute approximate surface area is 246 Å². The Bertz CT molecular complexity index is 1460. The van der Waals surface area contributed by atoms with Crippen LogP contribution in [0.5, 0.6) is 34.5 Å². The minimum atomic E-state index is -4.72. The third-order valence-corrected chi connectivity index (χ3v) is 6.15. The summed E-state index contributed by atoms with van der Waals surface area (Å²) in [6.07, 6.45) is -9.45. The van der Waals surface area contributed by atoms with E-state index in [0.717, 1.165) is 35.4 Å². The zero-order chi connectivity index (χ0) is 31.5. The Balaban J connectivity index is 0.000000175. The van der Waals surface area contributed by atoms with Crippen LogP contribution in [0.2, 0.25) is 0 Å². The third-order valence-electron chi connectivity index (χ3n) is 6.15. The van der Waals surface area contributed by atoms with E-state index in [2.05, 4.69) is 9.47 Å². The number of rotatable bonds is 6. The molecule has 0 bridgehead atoms. The van der Waals surface area contributed by atoms with E-state index >= 15 is 0 Å². The highest BCUT2D eigenvalue weighted by atomic mass is 19.4. The van der Waals surface area contributed by atoms with Crippen LogP contribution >= 0.6 is 0 Å². The second kappa shape index (κ2) is 12.7. The van der Waals surface area contributed by atoms with Crippen LogP contribution in [0.15, 0.2) is 84.9 Å². The van der Waals surface area contributed by atoms with E-state index in [9.17, 15) is 36.4 Å². The third kappa shape index (κ3) is 8.38. The number of fused-ring (bicyclic) bond motifs is 2. The van der Waals surface area contributed by atoms with Crippen molar-refractivity contribution in [2.45, 2.75) is 25.9 Å². The molecule has 0 atom stereocenters. The summed E-state index contributed by atoms with van der Waals surface area (Å²) in [7, 11) is -1.97. The van der Waals surface area contributed by atoms with Gasteiger partial charge in [0, 0.05) is 0 Å². The minimum absolute atomic E-state index is 0.322. The maximum Gasteiger partial charge on any atom is 0.573 e. The van der Waals surface area contributed by atoms with Crippen LogP contribution in [0.3, 0.4) is 0 Å². The lowest BCUT2D eigenvalue weighted by Crippen LogP contribution is -2.27. The molecule has 2 heterocycles. The molecule has 0 radical (unpaired) electrons. The molecule has 0 aliphatic carbocycles. The number of hydrogen-bond acceptors (Lipinski definition) is 8. The van der Waals surface area contributed by atoms with Crippen molar-refractivity contribution in [1.82, 2.24) is 0 Å². The van der Waals surface area contributed by atoms with E-state index in [1.807, 2.05) is 0 Å². The largest absolute Gasteiger partial charge is 0.573 e. The zero-order valence-corrected chi connectivity index (χ0v) is 22.3. The van der Waals surface area contributed by atoms with Crippen LogP contribution in [0.4, 0.5) is 26.3 Å². The summed E-state index contributed by atoms with van der Waals surface area (Å²) < 4.78 is 101. The van der Waals surface area contributed by atoms with Crippen molar-refractivity contribution in [1.29, 1.82) is 0 Å². The molecule has 0 fully saturated rings. The normalized spacial score (nSPS) is 13.9. The highest BCUT2D eigenvalue weighted by Crippen LogP contribution is 2.29. The van der Waals surface area contributed by atoms with E-state index in [1.54, 1.807) is 36.4 Å². The highest BCUT2D eigenvalue weighted by molar-refractivity contribution is 6.62. The molecule has 228 valence electrons. The average Bonchev–Trinajstić information content (AvgIpc) is 3.51. The average molecular weight is 620 g/mol. The SMILES string of the molecule is OB1OCc2ccc(Oc3ccc(OC(F)(F)F)cc3)cc21.OB1OCc2ccc(Oc3ccc(OC(F)(F)F)cc3)cc21. The molecule has 4 aromatic rings. The lowest BCUT2D eigenvalue weighted by Gasteiger charge is -2.10. The number of benzene rings is 4. The van der Waals surface area contributed by atoms with Gasteiger partial charge in [0.15, 0.2) is 0 Å². The fraction of sp³-hybridized carbons (Fsp3) is 0.143. The molecule has 2 aliphatic rings. The predicted molar refractivity (Wildman–Crippen MR) is 144 cm³/mol. The summed E-state index contributed by atoms with van der Waals surface area (Å²) >= 11 is 0. The summed E-state index contributed by atoms with van der Waals surface area (Å²) in [5.74, 6) is 0.960. The van der Waals surface area contributed by atoms with Gasteiger partial charge in [-0.1, -0.05) is 12.1 Å². The first-order valence-electron chi connectivity index (χ1n) is 12.7. The molecular weight excluding hydrogens is 600 g/mol. The lowest BCUT2D eigenvalue weighted by molar-refractivity contribution is -0.275. The molecule has 0 aromatic heterocycles. The lowest BCUT2D eigenvalue weighted by atomic mass is 9.79. The zero-order valence-electron chi connectivity index (χ0n) is 22.3. The smallest absolute Gasteiger partial charge is 0.457 e. The molecule has 2 aliphatic heterocycles. The summed E-state index contributed by atoms with van der Waals surface area (Å²) in [6, 6.07) is 20.3. The first-order valence-corrected chi connectivity index (χ1v) is 12.7. The van der Waals surface area contributed by atoms with Crippen molar-refractivity contribution in [3.63, 3.8) is 0 Å². The fourth-order valence-electron chi connectivity index (χ4n) is 4.20. The molecule has 8 nitrogen and oxygen atoms in total. The van der Waals surface area contributed by atoms with Gasteiger partial charge in [0.2, 0.25) is 0 Å². The van der Waals surface area contributed by atoms with E-state index < -0.39 is 27.0 Å². The molecule has 0 saturated heterocycles. The van der Waals surface area contributed by atoms with Gasteiger partial charge in [0.1, 0.15) is 34.5 Å². The van der Waals surface area contributed by atoms with Crippen molar-refractivity contribution in [2.24, 2.45) is 0 Å². The number of halogens is 6. The topological polar surface area (TPSA) is 95.8 Å². The Morgan fingerprint density at radius 3 is 1.16 bits per heavy atom. The summed E-state index contributed by atoms with van der Waals surface area (Å²) in [5, 5.41) is 19.2. The molecule has 0 unspecified atom stereocenters. The van der Waals surface area contributed by atoms with E-state index in [1.165, 1.54) is 24.3 Å². The van der Waals surface area contributed by atoms with Crippen LogP contribution < -0.4 is 29.9 Å². The van der Waals surface area contributed by atoms with Crippen LogP contribution in [0.25, 0.3) is 0 Å². The van der Waals surface area contributed by atoms with Gasteiger partial charge in [0.25, 0.3) is 0 Å². The number of ether oxygens (including phenoxy) is 4. The molecule has 2 N–H and O–H groups in total. The molecule has 6 rings (SSSR count). The second-order valence-electron chi connectivity index (χ2n) is 9.29. The molecule has 0 saturated carbocycles. The molecule has 4 aromatic carbocycles. The summed E-state index contributed by atoms with van der Waals surface area (Å²) in [5.41, 5.74) is 2.98. The number of hydrogen-bond donors (Lipinski definition) is 2. The summed E-state index contributed by atoms with van der Waals surface area (Å²) in [4.78, 5) is 0. The predicted octanol–water partition coefficient (Wildman–Crippen LogP) is 5.19. The van der Waals surface area contributed by atoms with Gasteiger partial charge in [-0.05, 0) is 94.8 Å². The molecule has 0 spiro atoms. The van der Waals surface area contributed by atoms with Gasteiger partial charge in [-0.3, -0.25) is 0 Å². The van der Waals surface area contributed by atoms with Crippen LogP contribution in [0.1, 0.15) is 11.1 Å². The second-order valence-corrected chi connectivity index (χ2v) is 9.29. The Morgan fingerprint density at radius 2 is 0.818 bits per heavy atom. The van der Waals surface area contributed by atoms with Crippen molar-refractivity contribution < 1.29 is 64.6 Å². The number of alkyl halides is 6. The van der Waals surface area contributed by atoms with Crippen molar-refractivity contribution in [2.75, 3.05) is 0 Å². The minimum Gasteiger partial charge on any atom is -0.457 e. The van der Waals surface area contributed by atoms with Crippen LogP contribution in [-0.4, -0.2) is 37.0 Å². The van der Waals surface area contributed by atoms with Gasteiger partial charge in [-0.15, -0.1) is 26.3 Å². The Morgan fingerprint density at radius 1 is 0.500 bits per heavy atom. The molecular formula is C28H20B2F6O8. The van der Waals surface area contributed by atoms with Gasteiger partial charge >= 0.3 is 27.0 Å². The maximum atomic E-state index is 12.1. The Hall–Kier alpha value is -4.37. The highest BCUT2D eigenvalue weighted by Gasteiger charge is 2.32. The van der Waals surface area contributed by atoms with E-state index in [-0.39, 0.29) is 11.5 Å². The van der Waals surface area contributed by atoms with Gasteiger partial charge in [-0.25, -0.2) is 0 Å². The van der Waals surface area contributed by atoms with E-state index in [4.69, 9.17) is 18.8 Å². The standard InChI is InChI=1S/2C14H10BF3O4/c2*16-14(17,18)22-11-5-3-10(4-6-11)21-12-2-1-9-8-20-15(19)13(9)7-12/h2*1-7,19H,8H2. The van der Waals surface area contributed by atoms with E-state index in [0.29, 0.717) is 47.1 Å². The first kappa shape index (κ1) is 31.1. The van der Waals surface area contributed by atoms with Gasteiger partial charge < -0.3 is 38.3 Å². The first-order chi connectivity index (χ1) is 20.8. The van der Waals surface area contributed by atoms with Crippen molar-refractivity contribution >= 4 is 25.2 Å². The molecule has 44 heavy (non-hydrogen) atoms. The fourth-order valence-corrected chi connectivity index (χ4v) is 4.20. The Kier molecular flexibility index (Phi) is 8.97. The maximum absolute atomic E-state index is 12.1. The molecule has 16 heteroatoms. The van der Waals surface area contributed by atoms with Crippen LogP contribution in [0, 0.1) is 0 Å². The molecule has 0 amide bonds. The quantitative estimate of drug-likeness (QED) is 0.225. The van der Waals surface area contributed by atoms with Crippen molar-refractivity contribution in [3.8, 4) is 34.5 Å². The van der Waals surface area contributed by atoms with Crippen LogP contribution in [-0.2, 0) is 22.5 Å². The summed E-state index contributed by atoms with van der Waals surface area (Å²) in [6.45, 7) is 0.667.